The SMILES string of the molecule is CCCCC[C@@H](O)/C=C/[C@@H]1[C@@H](CCCCCCC(=O)O)[C@@H](O)C[C@@H]1O. The van der Waals surface area contributed by atoms with Gasteiger partial charge in [-0.1, -0.05) is 57.6 Å². The van der Waals surface area contributed by atoms with Crippen molar-refractivity contribution in [3.05, 3.63) is 12.2 Å². The van der Waals surface area contributed by atoms with Crippen molar-refractivity contribution in [1.82, 2.24) is 0 Å². The lowest BCUT2D eigenvalue weighted by Gasteiger charge is -2.21. The highest BCUT2D eigenvalue weighted by molar-refractivity contribution is 5.66. The van der Waals surface area contributed by atoms with Crippen molar-refractivity contribution >= 4 is 5.97 Å². The van der Waals surface area contributed by atoms with Crippen LogP contribution in [0.25, 0.3) is 0 Å². The molecule has 5 nitrogen and oxygen atoms in total. The molecule has 25 heavy (non-hydrogen) atoms. The van der Waals surface area contributed by atoms with Crippen LogP contribution in [0, 0.1) is 11.8 Å². The van der Waals surface area contributed by atoms with E-state index in [-0.39, 0.29) is 18.3 Å². The minimum Gasteiger partial charge on any atom is -0.481 e. The first kappa shape index (κ1) is 22.1. The molecule has 1 rings (SSSR count). The van der Waals surface area contributed by atoms with Crippen LogP contribution in [0.1, 0.15) is 77.6 Å². The van der Waals surface area contributed by atoms with Gasteiger partial charge in [0.05, 0.1) is 18.3 Å². The molecule has 0 radical (unpaired) electrons. The summed E-state index contributed by atoms with van der Waals surface area (Å²) in [5, 5.41) is 39.0. The molecule has 0 heterocycles. The van der Waals surface area contributed by atoms with E-state index < -0.39 is 24.3 Å². The first-order valence-electron chi connectivity index (χ1n) is 9.90. The van der Waals surface area contributed by atoms with Crippen molar-refractivity contribution < 1.29 is 25.2 Å². The third-order valence-electron chi connectivity index (χ3n) is 5.25. The second-order valence-corrected chi connectivity index (χ2v) is 7.41. The number of rotatable bonds is 13. The molecule has 0 amide bonds. The molecule has 0 aliphatic heterocycles. The van der Waals surface area contributed by atoms with Crippen LogP contribution in [0.3, 0.4) is 0 Å². The number of hydrogen-bond acceptors (Lipinski definition) is 4. The zero-order chi connectivity index (χ0) is 18.7. The number of aliphatic hydroxyl groups excluding tert-OH is 3. The molecule has 0 spiro atoms. The highest BCUT2D eigenvalue weighted by Gasteiger charge is 2.39. The van der Waals surface area contributed by atoms with Crippen LogP contribution >= 0.6 is 0 Å². The highest BCUT2D eigenvalue weighted by atomic mass is 16.4. The van der Waals surface area contributed by atoms with E-state index >= 15 is 0 Å². The van der Waals surface area contributed by atoms with Gasteiger partial charge in [0.1, 0.15) is 0 Å². The fourth-order valence-corrected chi connectivity index (χ4v) is 3.74. The maximum absolute atomic E-state index is 10.5. The molecule has 1 aliphatic rings. The van der Waals surface area contributed by atoms with Gasteiger partial charge < -0.3 is 20.4 Å². The van der Waals surface area contributed by atoms with Crippen molar-refractivity contribution in [1.29, 1.82) is 0 Å². The first-order chi connectivity index (χ1) is 12.0. The molecule has 1 fully saturated rings. The van der Waals surface area contributed by atoms with Gasteiger partial charge in [-0.05, 0) is 25.2 Å². The molecular formula is C20H36O5. The average molecular weight is 357 g/mol. The van der Waals surface area contributed by atoms with Gasteiger partial charge in [-0.2, -0.15) is 0 Å². The van der Waals surface area contributed by atoms with E-state index in [9.17, 15) is 20.1 Å². The number of aliphatic hydroxyl groups is 3. The van der Waals surface area contributed by atoms with Crippen LogP contribution in [0.2, 0.25) is 0 Å². The maximum atomic E-state index is 10.5. The van der Waals surface area contributed by atoms with E-state index in [2.05, 4.69) is 6.92 Å². The molecule has 0 bridgehead atoms. The van der Waals surface area contributed by atoms with Crippen LogP contribution in [-0.4, -0.2) is 44.7 Å². The smallest absolute Gasteiger partial charge is 0.303 e. The molecule has 0 saturated heterocycles. The summed E-state index contributed by atoms with van der Waals surface area (Å²) in [4.78, 5) is 10.5. The number of hydrogen-bond donors (Lipinski definition) is 4. The summed E-state index contributed by atoms with van der Waals surface area (Å²) >= 11 is 0. The summed E-state index contributed by atoms with van der Waals surface area (Å²) in [5.74, 6) is -0.833. The number of carboxylic acids is 1. The Bertz CT molecular complexity index is 396. The van der Waals surface area contributed by atoms with Crippen LogP contribution in [0.4, 0.5) is 0 Å². The van der Waals surface area contributed by atoms with Gasteiger partial charge in [-0.15, -0.1) is 0 Å². The Kier molecular flexibility index (Phi) is 11.0. The Labute approximate surface area is 151 Å². The highest BCUT2D eigenvalue weighted by Crippen LogP contribution is 2.37. The molecule has 0 aromatic carbocycles. The molecule has 1 aliphatic carbocycles. The lowest BCUT2D eigenvalue weighted by molar-refractivity contribution is -0.137. The Morgan fingerprint density at radius 3 is 2.48 bits per heavy atom. The van der Waals surface area contributed by atoms with Gasteiger partial charge in [0, 0.05) is 18.8 Å². The van der Waals surface area contributed by atoms with E-state index in [1.807, 2.05) is 6.08 Å². The van der Waals surface area contributed by atoms with Crippen molar-refractivity contribution in [3.63, 3.8) is 0 Å². The summed E-state index contributed by atoms with van der Waals surface area (Å²) in [7, 11) is 0. The topological polar surface area (TPSA) is 98.0 Å². The van der Waals surface area contributed by atoms with Crippen molar-refractivity contribution in [2.24, 2.45) is 11.8 Å². The fourth-order valence-electron chi connectivity index (χ4n) is 3.74. The fraction of sp³-hybridized carbons (Fsp3) is 0.850. The summed E-state index contributed by atoms with van der Waals surface area (Å²) < 4.78 is 0. The van der Waals surface area contributed by atoms with E-state index in [4.69, 9.17) is 5.11 Å². The quantitative estimate of drug-likeness (QED) is 0.300. The third kappa shape index (κ3) is 8.84. The Balaban J connectivity index is 2.38. The Hall–Kier alpha value is -0.910. The number of unbranched alkanes of at least 4 members (excludes halogenated alkanes) is 5. The van der Waals surface area contributed by atoms with Crippen LogP contribution in [0.5, 0.6) is 0 Å². The predicted octanol–water partition coefficient (Wildman–Crippen LogP) is 3.27. The zero-order valence-corrected chi connectivity index (χ0v) is 15.5. The van der Waals surface area contributed by atoms with E-state index in [1.54, 1.807) is 6.08 Å². The van der Waals surface area contributed by atoms with Gasteiger partial charge in [0.2, 0.25) is 0 Å². The summed E-state index contributed by atoms with van der Waals surface area (Å²) in [6, 6.07) is 0. The molecule has 0 aromatic heterocycles. The maximum Gasteiger partial charge on any atom is 0.303 e. The van der Waals surface area contributed by atoms with Crippen molar-refractivity contribution in [3.8, 4) is 0 Å². The van der Waals surface area contributed by atoms with Crippen molar-refractivity contribution in [2.45, 2.75) is 95.9 Å². The average Bonchev–Trinajstić information content (AvgIpc) is 2.82. The second-order valence-electron chi connectivity index (χ2n) is 7.41. The number of aliphatic carboxylic acids is 1. The minimum absolute atomic E-state index is 0.0218. The summed E-state index contributed by atoms with van der Waals surface area (Å²) in [5.41, 5.74) is 0. The Morgan fingerprint density at radius 2 is 1.80 bits per heavy atom. The van der Waals surface area contributed by atoms with Gasteiger partial charge in [0.15, 0.2) is 0 Å². The largest absolute Gasteiger partial charge is 0.481 e. The predicted molar refractivity (Wildman–Crippen MR) is 98.2 cm³/mol. The third-order valence-corrected chi connectivity index (χ3v) is 5.25. The lowest BCUT2D eigenvalue weighted by Crippen LogP contribution is -2.21. The number of carbonyl (C=O) groups is 1. The first-order valence-corrected chi connectivity index (χ1v) is 9.90. The minimum atomic E-state index is -0.753. The van der Waals surface area contributed by atoms with Crippen LogP contribution < -0.4 is 0 Å². The molecule has 1 saturated carbocycles. The van der Waals surface area contributed by atoms with Gasteiger partial charge in [-0.3, -0.25) is 4.79 Å². The molecule has 146 valence electrons. The molecule has 5 heteroatoms. The molecule has 4 N–H and O–H groups in total. The molecule has 0 aromatic rings. The zero-order valence-electron chi connectivity index (χ0n) is 15.5. The molecule has 5 atom stereocenters. The molecule has 0 unspecified atom stereocenters. The summed E-state index contributed by atoms with van der Waals surface area (Å²) in [6.07, 6.45) is 11.0. The number of carboxylic acid groups (broad SMARTS) is 1. The van der Waals surface area contributed by atoms with Crippen LogP contribution in [-0.2, 0) is 4.79 Å². The van der Waals surface area contributed by atoms with Crippen molar-refractivity contribution in [2.75, 3.05) is 0 Å². The monoisotopic (exact) mass is 356 g/mol. The van der Waals surface area contributed by atoms with Gasteiger partial charge in [-0.25, -0.2) is 0 Å². The lowest BCUT2D eigenvalue weighted by atomic mass is 9.88. The van der Waals surface area contributed by atoms with Gasteiger partial charge in [0.25, 0.3) is 0 Å². The normalized spacial score (nSPS) is 27.8. The Morgan fingerprint density at radius 1 is 1.08 bits per heavy atom. The van der Waals surface area contributed by atoms with E-state index in [0.717, 1.165) is 51.4 Å². The standard InChI is InChI=1S/C20H36O5/c1-2-3-6-9-15(21)12-13-17-16(18(22)14-19(17)23)10-7-4-5-8-11-20(24)25/h12-13,15-19,21-23H,2-11,14H2,1H3,(H,24,25)/b13-12+/t15-,16-,17-,18+,19+/m1/s1. The molecular weight excluding hydrogens is 320 g/mol. The van der Waals surface area contributed by atoms with E-state index in [1.165, 1.54) is 0 Å². The van der Waals surface area contributed by atoms with E-state index in [0.29, 0.717) is 12.8 Å². The van der Waals surface area contributed by atoms with Crippen LogP contribution in [0.15, 0.2) is 12.2 Å². The van der Waals surface area contributed by atoms with Gasteiger partial charge >= 0.3 is 5.97 Å². The second kappa shape index (κ2) is 12.4. The summed E-state index contributed by atoms with van der Waals surface area (Å²) in [6.45, 7) is 2.13.